The van der Waals surface area contributed by atoms with Gasteiger partial charge in [0, 0.05) is 6.07 Å². The second-order valence-electron chi connectivity index (χ2n) is 5.39. The number of anilines is 1. The average Bonchev–Trinajstić information content (AvgIpc) is 2.56. The number of pyridine rings is 1. The van der Waals surface area contributed by atoms with E-state index in [1.165, 1.54) is 24.4 Å². The number of ether oxygens (including phenoxy) is 1. The van der Waals surface area contributed by atoms with Gasteiger partial charge in [-0.15, -0.1) is 12.4 Å². The van der Waals surface area contributed by atoms with Crippen LogP contribution in [0.1, 0.15) is 25.3 Å². The van der Waals surface area contributed by atoms with Gasteiger partial charge in [-0.25, -0.2) is 4.98 Å². The minimum absolute atomic E-state index is 0. The summed E-state index contributed by atoms with van der Waals surface area (Å²) < 4.78 is 42.9. The highest BCUT2D eigenvalue weighted by Gasteiger charge is 2.30. The van der Waals surface area contributed by atoms with Crippen molar-refractivity contribution in [2.75, 3.05) is 5.32 Å². The number of nitrogens with two attached hydrogens (primary N) is 1. The molecule has 0 bridgehead atoms. The first-order valence-electron chi connectivity index (χ1n) is 7.67. The Morgan fingerprint density at radius 1 is 1.23 bits per heavy atom. The van der Waals surface area contributed by atoms with E-state index < -0.39 is 17.8 Å². The summed E-state index contributed by atoms with van der Waals surface area (Å²) in [6.45, 7) is 1.93. The normalized spacial score (nSPS) is 12.0. The second kappa shape index (κ2) is 9.40. The quantitative estimate of drug-likeness (QED) is 0.768. The predicted octanol–water partition coefficient (Wildman–Crippen LogP) is 4.38. The van der Waals surface area contributed by atoms with Crippen LogP contribution < -0.4 is 15.8 Å². The van der Waals surface area contributed by atoms with E-state index in [1.807, 2.05) is 6.92 Å². The van der Waals surface area contributed by atoms with Crippen molar-refractivity contribution in [1.82, 2.24) is 4.98 Å². The highest BCUT2D eigenvalue weighted by Crippen LogP contribution is 2.31. The molecule has 2 rings (SSSR count). The zero-order valence-corrected chi connectivity index (χ0v) is 14.7. The van der Waals surface area contributed by atoms with Gasteiger partial charge in [0.2, 0.25) is 11.8 Å². The van der Waals surface area contributed by atoms with Gasteiger partial charge in [-0.3, -0.25) is 4.79 Å². The molecule has 0 fully saturated rings. The van der Waals surface area contributed by atoms with Crippen LogP contribution in [0.4, 0.5) is 18.9 Å². The second-order valence-corrected chi connectivity index (χ2v) is 5.39. The Hall–Kier alpha value is -2.32. The van der Waals surface area contributed by atoms with Crippen LogP contribution >= 0.6 is 12.4 Å². The van der Waals surface area contributed by atoms with Gasteiger partial charge >= 0.3 is 6.18 Å². The van der Waals surface area contributed by atoms with Gasteiger partial charge in [-0.05, 0) is 36.8 Å². The Labute approximate surface area is 155 Å². The van der Waals surface area contributed by atoms with Gasteiger partial charge in [-0.2, -0.15) is 13.2 Å². The van der Waals surface area contributed by atoms with Crippen LogP contribution in [0.15, 0.2) is 42.6 Å². The summed E-state index contributed by atoms with van der Waals surface area (Å²) in [4.78, 5) is 15.8. The predicted molar refractivity (Wildman–Crippen MR) is 94.5 cm³/mol. The maximum absolute atomic E-state index is 12.5. The number of carbonyl (C=O) groups excluding carboxylic acids is 1. The van der Waals surface area contributed by atoms with Crippen molar-refractivity contribution >= 4 is 24.0 Å². The molecule has 1 aromatic heterocycles. The third kappa shape index (κ3) is 6.20. The summed E-state index contributed by atoms with van der Waals surface area (Å²) in [5.41, 5.74) is 5.41. The number of amides is 1. The monoisotopic (exact) mass is 389 g/mol. The summed E-state index contributed by atoms with van der Waals surface area (Å²) in [6.07, 6.45) is -1.63. The van der Waals surface area contributed by atoms with Crippen LogP contribution in [0, 0.1) is 0 Å². The molecule has 0 aliphatic rings. The smallest absolute Gasteiger partial charge is 0.416 e. The number of hydrogen-bond acceptors (Lipinski definition) is 4. The van der Waals surface area contributed by atoms with Crippen molar-refractivity contribution in [1.29, 1.82) is 0 Å². The number of halogens is 4. The SMILES string of the molecule is CCCC(N)C(=O)Nc1ccc(Oc2ccc(C(F)(F)F)cc2)nc1.Cl. The molecule has 0 radical (unpaired) electrons. The summed E-state index contributed by atoms with van der Waals surface area (Å²) in [7, 11) is 0. The van der Waals surface area contributed by atoms with Gasteiger partial charge in [0.15, 0.2) is 0 Å². The van der Waals surface area contributed by atoms with Gasteiger partial charge in [0.05, 0.1) is 23.5 Å². The molecule has 2 aromatic rings. The summed E-state index contributed by atoms with van der Waals surface area (Å²) in [5, 5.41) is 2.63. The molecule has 0 aliphatic heterocycles. The third-order valence-corrected chi connectivity index (χ3v) is 3.34. The fraction of sp³-hybridized carbons (Fsp3) is 0.294. The maximum Gasteiger partial charge on any atom is 0.416 e. The topological polar surface area (TPSA) is 77.2 Å². The highest BCUT2D eigenvalue weighted by molar-refractivity contribution is 5.94. The Morgan fingerprint density at radius 2 is 1.88 bits per heavy atom. The fourth-order valence-corrected chi connectivity index (χ4v) is 2.02. The van der Waals surface area contributed by atoms with E-state index in [4.69, 9.17) is 10.5 Å². The lowest BCUT2D eigenvalue weighted by atomic mass is 10.1. The van der Waals surface area contributed by atoms with Crippen LogP contribution in [-0.4, -0.2) is 16.9 Å². The van der Waals surface area contributed by atoms with Gasteiger partial charge < -0.3 is 15.8 Å². The lowest BCUT2D eigenvalue weighted by Gasteiger charge is -2.11. The number of aromatic nitrogens is 1. The Kier molecular flexibility index (Phi) is 7.85. The maximum atomic E-state index is 12.5. The number of alkyl halides is 3. The number of benzene rings is 1. The molecule has 1 atom stereocenters. The Bertz CT molecular complexity index is 707. The minimum Gasteiger partial charge on any atom is -0.439 e. The summed E-state index contributed by atoms with van der Waals surface area (Å²) >= 11 is 0. The highest BCUT2D eigenvalue weighted by atomic mass is 35.5. The number of nitrogens with one attached hydrogen (secondary N) is 1. The Balaban J connectivity index is 0.00000338. The molecular formula is C17H19ClF3N3O2. The van der Waals surface area contributed by atoms with E-state index in [-0.39, 0.29) is 29.9 Å². The van der Waals surface area contributed by atoms with Crippen molar-refractivity contribution in [3.05, 3.63) is 48.2 Å². The third-order valence-electron chi connectivity index (χ3n) is 3.34. The van der Waals surface area contributed by atoms with Crippen molar-refractivity contribution in [3.63, 3.8) is 0 Å². The fourth-order valence-electron chi connectivity index (χ4n) is 2.02. The molecule has 5 nitrogen and oxygen atoms in total. The molecule has 1 heterocycles. The molecular weight excluding hydrogens is 371 g/mol. The van der Waals surface area contributed by atoms with Crippen LogP contribution in [0.5, 0.6) is 11.6 Å². The van der Waals surface area contributed by atoms with Crippen LogP contribution in [-0.2, 0) is 11.0 Å². The van der Waals surface area contributed by atoms with E-state index in [9.17, 15) is 18.0 Å². The van der Waals surface area contributed by atoms with E-state index >= 15 is 0 Å². The van der Waals surface area contributed by atoms with E-state index in [0.717, 1.165) is 18.6 Å². The van der Waals surface area contributed by atoms with Gasteiger partial charge in [0.25, 0.3) is 0 Å². The largest absolute Gasteiger partial charge is 0.439 e. The zero-order chi connectivity index (χ0) is 18.4. The molecule has 3 N–H and O–H groups in total. The van der Waals surface area contributed by atoms with E-state index in [2.05, 4.69) is 10.3 Å². The molecule has 0 saturated heterocycles. The van der Waals surface area contributed by atoms with Crippen LogP contribution in [0.25, 0.3) is 0 Å². The molecule has 1 unspecified atom stereocenters. The number of hydrogen-bond donors (Lipinski definition) is 2. The molecule has 0 saturated carbocycles. The van der Waals surface area contributed by atoms with Crippen molar-refractivity contribution in [2.24, 2.45) is 5.73 Å². The molecule has 1 aromatic carbocycles. The number of carbonyl (C=O) groups is 1. The van der Waals surface area contributed by atoms with Crippen molar-refractivity contribution < 1.29 is 22.7 Å². The lowest BCUT2D eigenvalue weighted by molar-refractivity contribution is -0.137. The van der Waals surface area contributed by atoms with Crippen molar-refractivity contribution in [2.45, 2.75) is 32.0 Å². The molecule has 142 valence electrons. The van der Waals surface area contributed by atoms with Crippen molar-refractivity contribution in [3.8, 4) is 11.6 Å². The first-order valence-corrected chi connectivity index (χ1v) is 7.67. The van der Waals surface area contributed by atoms with Gasteiger partial charge in [-0.1, -0.05) is 13.3 Å². The molecule has 1 amide bonds. The van der Waals surface area contributed by atoms with E-state index in [0.29, 0.717) is 12.1 Å². The summed E-state index contributed by atoms with van der Waals surface area (Å²) in [6, 6.07) is 6.77. The van der Waals surface area contributed by atoms with Crippen LogP contribution in [0.3, 0.4) is 0 Å². The first kappa shape index (κ1) is 21.7. The molecule has 0 spiro atoms. The van der Waals surface area contributed by atoms with Gasteiger partial charge in [0.1, 0.15) is 5.75 Å². The first-order chi connectivity index (χ1) is 11.8. The van der Waals surface area contributed by atoms with E-state index in [1.54, 1.807) is 6.07 Å². The standard InChI is InChI=1S/C17H18F3N3O2.ClH/c1-2-3-14(21)16(24)23-12-6-9-15(22-10-12)25-13-7-4-11(5-8-13)17(18,19)20;/h4-10,14H,2-3,21H2,1H3,(H,23,24);1H. The molecule has 0 aliphatic carbocycles. The lowest BCUT2D eigenvalue weighted by Crippen LogP contribution is -2.35. The number of rotatable bonds is 6. The average molecular weight is 390 g/mol. The summed E-state index contributed by atoms with van der Waals surface area (Å²) in [5.74, 6) is 0.109. The number of nitrogens with zero attached hydrogens (tertiary/aromatic N) is 1. The minimum atomic E-state index is -4.39. The Morgan fingerprint density at radius 3 is 2.38 bits per heavy atom. The molecule has 9 heteroatoms. The molecule has 26 heavy (non-hydrogen) atoms. The zero-order valence-electron chi connectivity index (χ0n) is 13.9. The van der Waals surface area contributed by atoms with Crippen LogP contribution in [0.2, 0.25) is 0 Å².